The largest absolute Gasteiger partial charge is 0.379 e. The van der Waals surface area contributed by atoms with Crippen molar-refractivity contribution in [2.75, 3.05) is 45.9 Å². The monoisotopic (exact) mass is 392 g/mol. The minimum Gasteiger partial charge on any atom is -0.379 e. The van der Waals surface area contributed by atoms with Crippen molar-refractivity contribution in [2.45, 2.75) is 39.8 Å². The molecule has 0 amide bonds. The lowest BCUT2D eigenvalue weighted by Crippen LogP contribution is -2.38. The summed E-state index contributed by atoms with van der Waals surface area (Å²) >= 11 is 0. The summed E-state index contributed by atoms with van der Waals surface area (Å²) in [6.07, 6.45) is 2.13. The molecule has 1 N–H and O–H groups in total. The summed E-state index contributed by atoms with van der Waals surface area (Å²) < 4.78 is 8.85. The third-order valence-electron chi connectivity index (χ3n) is 5.27. The van der Waals surface area contributed by atoms with E-state index < -0.39 is 5.69 Å². The molecule has 3 rings (SSSR count). The topological polar surface area (TPSA) is 88.4 Å². The lowest BCUT2D eigenvalue weighted by Gasteiger charge is -2.27. The van der Waals surface area contributed by atoms with Gasteiger partial charge in [-0.05, 0) is 25.9 Å². The lowest BCUT2D eigenvalue weighted by atomic mass is 10.3. The molecular weight excluding hydrogens is 360 g/mol. The number of H-pyrrole nitrogens is 1. The van der Waals surface area contributed by atoms with Crippen molar-refractivity contribution in [2.24, 2.45) is 7.05 Å². The average molecular weight is 393 g/mol. The smallest absolute Gasteiger partial charge is 0.329 e. The van der Waals surface area contributed by atoms with Crippen LogP contribution in [0.5, 0.6) is 0 Å². The number of aryl methyl sites for hydroxylation is 1. The molecule has 1 fully saturated rings. The molecule has 28 heavy (non-hydrogen) atoms. The lowest BCUT2D eigenvalue weighted by molar-refractivity contribution is 0.0363. The number of nitrogens with one attached hydrogen (secondary N) is 1. The molecule has 9 heteroatoms. The van der Waals surface area contributed by atoms with E-state index >= 15 is 0 Å². The van der Waals surface area contributed by atoms with Crippen molar-refractivity contribution < 1.29 is 4.74 Å². The zero-order valence-corrected chi connectivity index (χ0v) is 17.2. The Morgan fingerprint density at radius 3 is 2.43 bits per heavy atom. The highest BCUT2D eigenvalue weighted by Crippen LogP contribution is 2.14. The van der Waals surface area contributed by atoms with Gasteiger partial charge in [0, 0.05) is 33.2 Å². The maximum absolute atomic E-state index is 12.6. The first-order chi connectivity index (χ1) is 13.5. The summed E-state index contributed by atoms with van der Waals surface area (Å²) in [6, 6.07) is 0. The zero-order valence-electron chi connectivity index (χ0n) is 17.2. The van der Waals surface area contributed by atoms with Gasteiger partial charge in [-0.15, -0.1) is 0 Å². The number of morpholine rings is 1. The maximum atomic E-state index is 12.6. The molecule has 156 valence electrons. The fourth-order valence-corrected chi connectivity index (χ4v) is 3.81. The fraction of sp³-hybridized carbons (Fsp3) is 0.737. The molecule has 2 aromatic heterocycles. The third-order valence-corrected chi connectivity index (χ3v) is 5.27. The van der Waals surface area contributed by atoms with Gasteiger partial charge >= 0.3 is 5.69 Å². The molecule has 9 nitrogen and oxygen atoms in total. The van der Waals surface area contributed by atoms with E-state index in [1.165, 1.54) is 4.57 Å². The molecule has 0 aliphatic carbocycles. The van der Waals surface area contributed by atoms with Gasteiger partial charge in [-0.3, -0.25) is 24.1 Å². The quantitative estimate of drug-likeness (QED) is 0.664. The van der Waals surface area contributed by atoms with Gasteiger partial charge < -0.3 is 9.30 Å². The Balaban J connectivity index is 1.97. The standard InChI is InChI=1S/C19H32N6O3/c1-4-6-24(7-5-2)14-15-20-17-16(18(26)21-19(27)22(17)3)25(15)9-8-23-10-12-28-13-11-23/h4-14H2,1-3H3,(H,21,26,27). The molecule has 1 aliphatic rings. The van der Waals surface area contributed by atoms with Crippen LogP contribution in [0.1, 0.15) is 32.5 Å². The van der Waals surface area contributed by atoms with Gasteiger partial charge in [0.15, 0.2) is 11.2 Å². The minimum absolute atomic E-state index is 0.364. The zero-order chi connectivity index (χ0) is 20.1. The van der Waals surface area contributed by atoms with Crippen LogP contribution in [-0.2, 0) is 24.9 Å². The van der Waals surface area contributed by atoms with E-state index in [0.29, 0.717) is 24.3 Å². The first kappa shape index (κ1) is 20.8. The normalized spacial score (nSPS) is 15.7. The highest BCUT2D eigenvalue weighted by Gasteiger charge is 2.20. The van der Waals surface area contributed by atoms with E-state index in [2.05, 4.69) is 28.6 Å². The van der Waals surface area contributed by atoms with Crippen LogP contribution in [0.3, 0.4) is 0 Å². The number of hydrogen-bond donors (Lipinski definition) is 1. The van der Waals surface area contributed by atoms with Gasteiger partial charge in [0.2, 0.25) is 0 Å². The fourth-order valence-electron chi connectivity index (χ4n) is 3.81. The number of nitrogens with zero attached hydrogens (tertiary/aromatic N) is 5. The molecule has 0 radical (unpaired) electrons. The van der Waals surface area contributed by atoms with Crippen LogP contribution in [0.25, 0.3) is 11.2 Å². The second kappa shape index (κ2) is 9.49. The molecule has 0 atom stereocenters. The predicted molar refractivity (Wildman–Crippen MR) is 109 cm³/mol. The van der Waals surface area contributed by atoms with Crippen LogP contribution in [0, 0.1) is 0 Å². The van der Waals surface area contributed by atoms with Gasteiger partial charge in [0.05, 0.1) is 19.8 Å². The van der Waals surface area contributed by atoms with Crippen molar-refractivity contribution >= 4 is 11.2 Å². The van der Waals surface area contributed by atoms with Gasteiger partial charge in [-0.2, -0.15) is 0 Å². The Labute approximate surface area is 164 Å². The second-order valence-corrected chi connectivity index (χ2v) is 7.40. The molecule has 0 bridgehead atoms. The van der Waals surface area contributed by atoms with Crippen molar-refractivity contribution in [3.63, 3.8) is 0 Å². The number of hydrogen-bond acceptors (Lipinski definition) is 6. The summed E-state index contributed by atoms with van der Waals surface area (Å²) in [5, 5.41) is 0. The summed E-state index contributed by atoms with van der Waals surface area (Å²) in [7, 11) is 1.65. The highest BCUT2D eigenvalue weighted by atomic mass is 16.5. The average Bonchev–Trinajstić information content (AvgIpc) is 3.04. The van der Waals surface area contributed by atoms with Crippen molar-refractivity contribution in [3.8, 4) is 0 Å². The van der Waals surface area contributed by atoms with E-state index in [4.69, 9.17) is 9.72 Å². The van der Waals surface area contributed by atoms with E-state index in [0.717, 1.165) is 64.6 Å². The van der Waals surface area contributed by atoms with E-state index in [9.17, 15) is 9.59 Å². The number of aromatic amines is 1. The Morgan fingerprint density at radius 1 is 1.11 bits per heavy atom. The number of rotatable bonds is 9. The summed E-state index contributed by atoms with van der Waals surface area (Å²) in [5.41, 5.74) is 0.147. The van der Waals surface area contributed by atoms with E-state index in [1.54, 1.807) is 7.05 Å². The molecule has 1 aliphatic heterocycles. The summed E-state index contributed by atoms with van der Waals surface area (Å²) in [5.74, 6) is 0.844. The van der Waals surface area contributed by atoms with Gasteiger partial charge in [-0.1, -0.05) is 13.8 Å². The van der Waals surface area contributed by atoms with E-state index in [-0.39, 0.29) is 5.56 Å². The van der Waals surface area contributed by atoms with Crippen LogP contribution in [-0.4, -0.2) is 74.8 Å². The van der Waals surface area contributed by atoms with Crippen molar-refractivity contribution in [1.82, 2.24) is 28.9 Å². The van der Waals surface area contributed by atoms with Gasteiger partial charge in [0.25, 0.3) is 5.56 Å². The number of imidazole rings is 1. The molecule has 0 aromatic carbocycles. The second-order valence-electron chi connectivity index (χ2n) is 7.40. The predicted octanol–water partition coefficient (Wildman–Crippen LogP) is 0.378. The molecule has 1 saturated heterocycles. The van der Waals surface area contributed by atoms with Crippen LogP contribution in [0.15, 0.2) is 9.59 Å². The Hall–Kier alpha value is -1.97. The SMILES string of the molecule is CCCN(CCC)Cc1nc2c(c(=O)[nH]c(=O)n2C)n1CCN1CCOCC1. The number of ether oxygens (including phenoxy) is 1. The maximum Gasteiger partial charge on any atom is 0.329 e. The molecule has 0 unspecified atom stereocenters. The molecule has 0 spiro atoms. The molecule has 2 aromatic rings. The molecule has 0 saturated carbocycles. The highest BCUT2D eigenvalue weighted by molar-refractivity contribution is 5.70. The number of fused-ring (bicyclic) bond motifs is 1. The summed E-state index contributed by atoms with van der Waals surface area (Å²) in [4.78, 5) is 36.5. The third kappa shape index (κ3) is 4.53. The molecule has 3 heterocycles. The Morgan fingerprint density at radius 2 is 1.79 bits per heavy atom. The van der Waals surface area contributed by atoms with Crippen molar-refractivity contribution in [1.29, 1.82) is 0 Å². The minimum atomic E-state index is -0.430. The van der Waals surface area contributed by atoms with Crippen molar-refractivity contribution in [3.05, 3.63) is 26.7 Å². The Kier molecular flexibility index (Phi) is 7.03. The van der Waals surface area contributed by atoms with Crippen LogP contribution in [0.4, 0.5) is 0 Å². The van der Waals surface area contributed by atoms with Gasteiger partial charge in [-0.25, -0.2) is 9.78 Å². The summed E-state index contributed by atoms with van der Waals surface area (Å²) in [6.45, 7) is 11.7. The Bertz CT molecular complexity index is 887. The van der Waals surface area contributed by atoms with E-state index in [1.807, 2.05) is 4.57 Å². The van der Waals surface area contributed by atoms with Crippen LogP contribution >= 0.6 is 0 Å². The van der Waals surface area contributed by atoms with Crippen LogP contribution in [0.2, 0.25) is 0 Å². The van der Waals surface area contributed by atoms with Gasteiger partial charge in [0.1, 0.15) is 5.82 Å². The van der Waals surface area contributed by atoms with Crippen LogP contribution < -0.4 is 11.2 Å². The first-order valence-electron chi connectivity index (χ1n) is 10.3. The molecular formula is C19H32N6O3. The number of aromatic nitrogens is 4. The first-order valence-corrected chi connectivity index (χ1v) is 10.3.